The van der Waals surface area contributed by atoms with Crippen LogP contribution in [0, 0.1) is 0 Å². The molecule has 1 fully saturated rings. The molecule has 0 radical (unpaired) electrons. The topological polar surface area (TPSA) is 15.3 Å². The zero-order valence-corrected chi connectivity index (χ0v) is 12.1. The highest BCUT2D eigenvalue weighted by Gasteiger charge is 2.22. The van der Waals surface area contributed by atoms with Crippen molar-refractivity contribution < 1.29 is 0 Å². The number of piperidine rings is 1. The molecule has 0 spiro atoms. The molecule has 1 saturated heterocycles. The molecule has 19 heavy (non-hydrogen) atoms. The molecule has 1 aromatic carbocycles. The Morgan fingerprint density at radius 3 is 2.84 bits per heavy atom. The van der Waals surface area contributed by atoms with Gasteiger partial charge in [0.05, 0.1) is 0 Å². The fourth-order valence-corrected chi connectivity index (χ4v) is 3.58. The van der Waals surface area contributed by atoms with Gasteiger partial charge in [0.2, 0.25) is 0 Å². The van der Waals surface area contributed by atoms with Gasteiger partial charge in [-0.1, -0.05) is 30.7 Å². The van der Waals surface area contributed by atoms with Gasteiger partial charge in [-0.2, -0.15) is 0 Å². The summed E-state index contributed by atoms with van der Waals surface area (Å²) in [5.41, 5.74) is 3.12. The normalized spacial score (nSPS) is 28.1. The Bertz CT molecular complexity index is 415. The number of rotatable bonds is 3. The summed E-state index contributed by atoms with van der Waals surface area (Å²) in [4.78, 5) is 2.53. The Morgan fingerprint density at radius 2 is 2.00 bits per heavy atom. The van der Waals surface area contributed by atoms with Crippen molar-refractivity contribution in [3.63, 3.8) is 0 Å². The van der Waals surface area contributed by atoms with E-state index in [2.05, 4.69) is 41.5 Å². The van der Waals surface area contributed by atoms with E-state index in [4.69, 9.17) is 0 Å². The second kappa shape index (κ2) is 6.06. The number of aryl methyl sites for hydroxylation is 1. The van der Waals surface area contributed by atoms with E-state index in [1.165, 1.54) is 51.6 Å². The van der Waals surface area contributed by atoms with Crippen molar-refractivity contribution in [3.05, 3.63) is 35.4 Å². The van der Waals surface area contributed by atoms with Crippen LogP contribution in [0.4, 0.5) is 0 Å². The van der Waals surface area contributed by atoms with Crippen molar-refractivity contribution in [1.82, 2.24) is 10.2 Å². The molecule has 0 bridgehead atoms. The summed E-state index contributed by atoms with van der Waals surface area (Å²) in [6.07, 6.45) is 7.91. The first-order valence-electron chi connectivity index (χ1n) is 7.83. The van der Waals surface area contributed by atoms with E-state index in [0.29, 0.717) is 6.04 Å². The van der Waals surface area contributed by atoms with Crippen LogP contribution in [0.5, 0.6) is 0 Å². The van der Waals surface area contributed by atoms with Crippen LogP contribution in [-0.2, 0) is 12.8 Å². The van der Waals surface area contributed by atoms with E-state index in [-0.39, 0.29) is 0 Å². The van der Waals surface area contributed by atoms with Crippen molar-refractivity contribution in [2.24, 2.45) is 0 Å². The van der Waals surface area contributed by atoms with E-state index in [0.717, 1.165) is 6.04 Å². The third-order valence-electron chi connectivity index (χ3n) is 4.91. The first kappa shape index (κ1) is 13.1. The van der Waals surface area contributed by atoms with Gasteiger partial charge in [0.25, 0.3) is 0 Å². The zero-order chi connectivity index (χ0) is 13.1. The van der Waals surface area contributed by atoms with Crippen LogP contribution in [0.2, 0.25) is 0 Å². The monoisotopic (exact) mass is 258 g/mol. The van der Waals surface area contributed by atoms with Gasteiger partial charge < -0.3 is 10.2 Å². The van der Waals surface area contributed by atoms with Gasteiger partial charge in [0, 0.05) is 18.6 Å². The van der Waals surface area contributed by atoms with Crippen molar-refractivity contribution >= 4 is 0 Å². The Labute approximate surface area is 117 Å². The molecule has 1 heterocycles. The van der Waals surface area contributed by atoms with Crippen LogP contribution >= 0.6 is 0 Å². The van der Waals surface area contributed by atoms with Gasteiger partial charge in [-0.3, -0.25) is 0 Å². The molecular weight excluding hydrogens is 232 g/mol. The van der Waals surface area contributed by atoms with E-state index >= 15 is 0 Å². The number of likely N-dealkylation sites (N-methyl/N-ethyl adjacent to an activating group) is 1. The summed E-state index contributed by atoms with van der Waals surface area (Å²) >= 11 is 0. The quantitative estimate of drug-likeness (QED) is 0.896. The lowest BCUT2D eigenvalue weighted by Crippen LogP contribution is -2.46. The lowest BCUT2D eigenvalue weighted by molar-refractivity contribution is 0.176. The predicted octanol–water partition coefficient (Wildman–Crippen LogP) is 2.62. The van der Waals surface area contributed by atoms with Crippen molar-refractivity contribution in [3.8, 4) is 0 Å². The minimum Gasteiger partial charge on any atom is -0.312 e. The van der Waals surface area contributed by atoms with E-state index < -0.39 is 0 Å². The number of benzene rings is 1. The average Bonchev–Trinajstić information content (AvgIpc) is 2.46. The first-order chi connectivity index (χ1) is 9.33. The summed E-state index contributed by atoms with van der Waals surface area (Å²) in [6.45, 7) is 2.45. The Balaban J connectivity index is 1.52. The minimum absolute atomic E-state index is 0.685. The molecule has 0 aromatic heterocycles. The summed E-state index contributed by atoms with van der Waals surface area (Å²) in [6, 6.07) is 10.4. The van der Waals surface area contributed by atoms with Crippen LogP contribution in [0.1, 0.15) is 36.8 Å². The van der Waals surface area contributed by atoms with Gasteiger partial charge in [0.15, 0.2) is 0 Å². The van der Waals surface area contributed by atoms with Gasteiger partial charge in [-0.25, -0.2) is 0 Å². The highest BCUT2D eigenvalue weighted by Crippen LogP contribution is 2.21. The molecule has 1 aliphatic carbocycles. The van der Waals surface area contributed by atoms with Crippen LogP contribution in [0.3, 0.4) is 0 Å². The Kier molecular flexibility index (Phi) is 4.19. The standard InChI is InChI=1S/C17H26N2/c1-19-11-5-4-8-17(19)13-18-16-10-9-14-6-2-3-7-15(14)12-16/h2-3,6-7,16-18H,4-5,8-13H2,1H3. The number of hydrogen-bond donors (Lipinski definition) is 1. The van der Waals surface area contributed by atoms with Gasteiger partial charge >= 0.3 is 0 Å². The fourth-order valence-electron chi connectivity index (χ4n) is 3.58. The highest BCUT2D eigenvalue weighted by molar-refractivity contribution is 5.30. The van der Waals surface area contributed by atoms with Gasteiger partial charge in [0.1, 0.15) is 0 Å². The van der Waals surface area contributed by atoms with Crippen LogP contribution in [0.15, 0.2) is 24.3 Å². The number of nitrogens with zero attached hydrogens (tertiary/aromatic N) is 1. The summed E-state index contributed by atoms with van der Waals surface area (Å²) < 4.78 is 0. The fraction of sp³-hybridized carbons (Fsp3) is 0.647. The van der Waals surface area contributed by atoms with Crippen molar-refractivity contribution in [1.29, 1.82) is 0 Å². The average molecular weight is 258 g/mol. The molecule has 2 unspecified atom stereocenters. The zero-order valence-electron chi connectivity index (χ0n) is 12.1. The molecule has 1 aliphatic heterocycles. The molecule has 2 atom stereocenters. The summed E-state index contributed by atoms with van der Waals surface area (Å²) in [7, 11) is 2.28. The lowest BCUT2D eigenvalue weighted by atomic mass is 9.88. The third-order valence-corrected chi connectivity index (χ3v) is 4.91. The van der Waals surface area contributed by atoms with E-state index in [1.54, 1.807) is 11.1 Å². The molecular formula is C17H26N2. The maximum absolute atomic E-state index is 3.82. The smallest absolute Gasteiger partial charge is 0.0217 e. The number of nitrogens with one attached hydrogen (secondary N) is 1. The molecule has 2 heteroatoms. The molecule has 2 nitrogen and oxygen atoms in total. The van der Waals surface area contributed by atoms with Gasteiger partial charge in [-0.05, 0) is 56.8 Å². The first-order valence-corrected chi connectivity index (χ1v) is 7.83. The maximum Gasteiger partial charge on any atom is 0.0217 e. The third kappa shape index (κ3) is 3.18. The largest absolute Gasteiger partial charge is 0.312 e. The van der Waals surface area contributed by atoms with Gasteiger partial charge in [-0.15, -0.1) is 0 Å². The van der Waals surface area contributed by atoms with Crippen LogP contribution < -0.4 is 5.32 Å². The molecule has 0 saturated carbocycles. The SMILES string of the molecule is CN1CCCCC1CNC1CCc2ccccc2C1. The lowest BCUT2D eigenvalue weighted by Gasteiger charge is -2.34. The van der Waals surface area contributed by atoms with Crippen LogP contribution in [0.25, 0.3) is 0 Å². The number of hydrogen-bond acceptors (Lipinski definition) is 2. The number of fused-ring (bicyclic) bond motifs is 1. The minimum atomic E-state index is 0.685. The second-order valence-corrected chi connectivity index (χ2v) is 6.25. The van der Waals surface area contributed by atoms with Crippen molar-refractivity contribution in [2.75, 3.05) is 20.1 Å². The van der Waals surface area contributed by atoms with E-state index in [9.17, 15) is 0 Å². The molecule has 1 N–H and O–H groups in total. The molecule has 104 valence electrons. The highest BCUT2D eigenvalue weighted by atomic mass is 15.2. The second-order valence-electron chi connectivity index (χ2n) is 6.25. The van der Waals surface area contributed by atoms with E-state index in [1.807, 2.05) is 0 Å². The molecule has 3 rings (SSSR count). The Morgan fingerprint density at radius 1 is 1.16 bits per heavy atom. The Hall–Kier alpha value is -0.860. The molecule has 1 aromatic rings. The summed E-state index contributed by atoms with van der Waals surface area (Å²) in [5.74, 6) is 0. The number of likely N-dealkylation sites (tertiary alicyclic amines) is 1. The maximum atomic E-state index is 3.82. The molecule has 0 amide bonds. The predicted molar refractivity (Wildman–Crippen MR) is 80.5 cm³/mol. The molecule has 2 aliphatic rings. The van der Waals surface area contributed by atoms with Crippen LogP contribution in [-0.4, -0.2) is 37.1 Å². The van der Waals surface area contributed by atoms with Crippen molar-refractivity contribution in [2.45, 2.75) is 50.6 Å². The summed E-state index contributed by atoms with van der Waals surface area (Å²) in [5, 5.41) is 3.82.